The van der Waals surface area contributed by atoms with Crippen molar-refractivity contribution in [2.24, 2.45) is 0 Å². The summed E-state index contributed by atoms with van der Waals surface area (Å²) in [5.41, 5.74) is 6.26. The standard InChI is InChI=1S/C9H12N2O2S/c10-7-1-6-14-8(7)9(12)11-2-4-13-5-3-11/h1,6H,2-5,10H2. The van der Waals surface area contributed by atoms with Crippen LogP contribution in [-0.2, 0) is 4.74 Å². The van der Waals surface area contributed by atoms with Crippen LogP contribution in [0.3, 0.4) is 0 Å². The number of ether oxygens (including phenoxy) is 1. The number of hydrogen-bond donors (Lipinski definition) is 1. The molecular formula is C9H12N2O2S. The highest BCUT2D eigenvalue weighted by Gasteiger charge is 2.20. The second kappa shape index (κ2) is 3.98. The molecule has 2 rings (SSSR count). The van der Waals surface area contributed by atoms with Crippen LogP contribution >= 0.6 is 11.3 Å². The molecule has 1 aliphatic heterocycles. The summed E-state index contributed by atoms with van der Waals surface area (Å²) in [7, 11) is 0. The van der Waals surface area contributed by atoms with Crippen molar-refractivity contribution in [3.05, 3.63) is 16.3 Å². The lowest BCUT2D eigenvalue weighted by Gasteiger charge is -2.26. The summed E-state index contributed by atoms with van der Waals surface area (Å²) in [4.78, 5) is 14.3. The van der Waals surface area contributed by atoms with Crippen LogP contribution in [0.5, 0.6) is 0 Å². The Bertz CT molecular complexity index is 331. The lowest BCUT2D eigenvalue weighted by atomic mass is 10.3. The van der Waals surface area contributed by atoms with Gasteiger partial charge >= 0.3 is 0 Å². The van der Waals surface area contributed by atoms with E-state index in [9.17, 15) is 4.79 Å². The van der Waals surface area contributed by atoms with E-state index in [-0.39, 0.29) is 5.91 Å². The average Bonchev–Trinajstić information content (AvgIpc) is 2.65. The van der Waals surface area contributed by atoms with E-state index in [2.05, 4.69) is 0 Å². The van der Waals surface area contributed by atoms with Gasteiger partial charge in [0.25, 0.3) is 5.91 Å². The van der Waals surface area contributed by atoms with Gasteiger partial charge in [0.05, 0.1) is 18.9 Å². The smallest absolute Gasteiger partial charge is 0.266 e. The van der Waals surface area contributed by atoms with E-state index >= 15 is 0 Å². The van der Waals surface area contributed by atoms with Crippen LogP contribution in [0.25, 0.3) is 0 Å². The Kier molecular flexibility index (Phi) is 2.69. The van der Waals surface area contributed by atoms with E-state index in [0.717, 1.165) is 0 Å². The molecule has 0 unspecified atom stereocenters. The summed E-state index contributed by atoms with van der Waals surface area (Å²) in [5, 5.41) is 1.84. The van der Waals surface area contributed by atoms with Crippen molar-refractivity contribution in [3.8, 4) is 0 Å². The van der Waals surface area contributed by atoms with E-state index in [1.807, 2.05) is 5.38 Å². The normalized spacial score (nSPS) is 17.0. The van der Waals surface area contributed by atoms with Gasteiger partial charge in [0.1, 0.15) is 4.88 Å². The van der Waals surface area contributed by atoms with Crippen LogP contribution in [0, 0.1) is 0 Å². The van der Waals surface area contributed by atoms with Crippen LogP contribution < -0.4 is 5.73 Å². The number of hydrogen-bond acceptors (Lipinski definition) is 4. The molecule has 0 bridgehead atoms. The van der Waals surface area contributed by atoms with Gasteiger partial charge in [0.2, 0.25) is 0 Å². The highest BCUT2D eigenvalue weighted by atomic mass is 32.1. The molecule has 0 saturated carbocycles. The predicted molar refractivity (Wildman–Crippen MR) is 55.5 cm³/mol. The summed E-state index contributed by atoms with van der Waals surface area (Å²) in [5.74, 6) is 0.0285. The third-order valence-electron chi connectivity index (χ3n) is 2.19. The van der Waals surface area contributed by atoms with Crippen molar-refractivity contribution in [3.63, 3.8) is 0 Å². The molecule has 0 aliphatic carbocycles. The van der Waals surface area contributed by atoms with Crippen LogP contribution in [0.15, 0.2) is 11.4 Å². The fourth-order valence-corrected chi connectivity index (χ4v) is 2.19. The first-order valence-corrected chi connectivity index (χ1v) is 5.37. The summed E-state index contributed by atoms with van der Waals surface area (Å²) in [6, 6.07) is 1.76. The average molecular weight is 212 g/mol. The molecule has 1 amide bonds. The molecule has 4 nitrogen and oxygen atoms in total. The number of thiophene rings is 1. The first-order valence-electron chi connectivity index (χ1n) is 4.49. The van der Waals surface area contributed by atoms with Crippen molar-refractivity contribution in [2.45, 2.75) is 0 Å². The summed E-state index contributed by atoms with van der Waals surface area (Å²) >= 11 is 1.39. The molecule has 76 valence electrons. The van der Waals surface area contributed by atoms with Crippen molar-refractivity contribution < 1.29 is 9.53 Å². The fraction of sp³-hybridized carbons (Fsp3) is 0.444. The summed E-state index contributed by atoms with van der Waals surface area (Å²) < 4.78 is 5.18. The largest absolute Gasteiger partial charge is 0.397 e. The van der Waals surface area contributed by atoms with Crippen LogP contribution in [-0.4, -0.2) is 37.1 Å². The van der Waals surface area contributed by atoms with E-state index in [1.54, 1.807) is 11.0 Å². The number of carbonyl (C=O) groups is 1. The first-order chi connectivity index (χ1) is 6.79. The molecule has 0 atom stereocenters. The number of nitrogens with zero attached hydrogens (tertiary/aromatic N) is 1. The van der Waals surface area contributed by atoms with Gasteiger partial charge in [-0.15, -0.1) is 11.3 Å². The maximum absolute atomic E-state index is 11.9. The van der Waals surface area contributed by atoms with Gasteiger partial charge in [-0.1, -0.05) is 0 Å². The molecule has 1 aromatic heterocycles. The van der Waals surface area contributed by atoms with E-state index in [4.69, 9.17) is 10.5 Å². The third-order valence-corrected chi connectivity index (χ3v) is 3.11. The number of rotatable bonds is 1. The zero-order valence-electron chi connectivity index (χ0n) is 7.73. The summed E-state index contributed by atoms with van der Waals surface area (Å²) in [6.07, 6.45) is 0. The molecule has 1 fully saturated rings. The van der Waals surface area contributed by atoms with Crippen molar-refractivity contribution in [1.82, 2.24) is 4.90 Å². The number of nitrogen functional groups attached to an aromatic ring is 1. The molecule has 2 heterocycles. The van der Waals surface area contributed by atoms with E-state index in [1.165, 1.54) is 11.3 Å². The minimum atomic E-state index is 0.0285. The Morgan fingerprint density at radius 1 is 1.50 bits per heavy atom. The minimum absolute atomic E-state index is 0.0285. The monoisotopic (exact) mass is 212 g/mol. The molecule has 1 saturated heterocycles. The molecule has 1 aliphatic rings. The quantitative estimate of drug-likeness (QED) is 0.749. The van der Waals surface area contributed by atoms with Gasteiger partial charge in [-0.3, -0.25) is 4.79 Å². The van der Waals surface area contributed by atoms with Gasteiger partial charge in [0.15, 0.2) is 0 Å². The molecule has 0 radical (unpaired) electrons. The first kappa shape index (κ1) is 9.48. The molecule has 5 heteroatoms. The third kappa shape index (κ3) is 1.73. The zero-order valence-corrected chi connectivity index (χ0v) is 8.55. The molecule has 1 aromatic rings. The Morgan fingerprint density at radius 2 is 2.21 bits per heavy atom. The molecular weight excluding hydrogens is 200 g/mol. The maximum Gasteiger partial charge on any atom is 0.266 e. The maximum atomic E-state index is 11.9. The number of carbonyl (C=O) groups excluding carboxylic acids is 1. The zero-order chi connectivity index (χ0) is 9.97. The van der Waals surface area contributed by atoms with Crippen LogP contribution in [0.2, 0.25) is 0 Å². The van der Waals surface area contributed by atoms with E-state index in [0.29, 0.717) is 36.9 Å². The molecule has 2 N–H and O–H groups in total. The lowest BCUT2D eigenvalue weighted by Crippen LogP contribution is -2.40. The highest BCUT2D eigenvalue weighted by molar-refractivity contribution is 7.12. The fourth-order valence-electron chi connectivity index (χ4n) is 1.40. The van der Waals surface area contributed by atoms with E-state index < -0.39 is 0 Å². The van der Waals surface area contributed by atoms with Gasteiger partial charge in [-0.2, -0.15) is 0 Å². The Labute approximate surface area is 86.3 Å². The van der Waals surface area contributed by atoms with Gasteiger partial charge in [-0.25, -0.2) is 0 Å². The number of nitrogens with two attached hydrogens (primary N) is 1. The molecule has 0 spiro atoms. The van der Waals surface area contributed by atoms with Gasteiger partial charge in [0, 0.05) is 13.1 Å². The van der Waals surface area contributed by atoms with Crippen molar-refractivity contribution in [2.75, 3.05) is 32.0 Å². The van der Waals surface area contributed by atoms with Crippen molar-refractivity contribution >= 4 is 22.9 Å². The number of amides is 1. The second-order valence-electron chi connectivity index (χ2n) is 3.11. The Balaban J connectivity index is 2.11. The highest BCUT2D eigenvalue weighted by Crippen LogP contribution is 2.21. The van der Waals surface area contributed by atoms with Crippen molar-refractivity contribution in [1.29, 1.82) is 0 Å². The summed E-state index contributed by atoms with van der Waals surface area (Å²) in [6.45, 7) is 2.57. The second-order valence-corrected chi connectivity index (χ2v) is 4.03. The van der Waals surface area contributed by atoms with Gasteiger partial charge in [-0.05, 0) is 11.4 Å². The van der Waals surface area contributed by atoms with Crippen LogP contribution in [0.4, 0.5) is 5.69 Å². The molecule has 0 aromatic carbocycles. The minimum Gasteiger partial charge on any atom is -0.397 e. The number of morpholine rings is 1. The molecule has 14 heavy (non-hydrogen) atoms. The SMILES string of the molecule is Nc1ccsc1C(=O)N1CCOCC1. The Hall–Kier alpha value is -1.07. The van der Waals surface area contributed by atoms with Gasteiger partial charge < -0.3 is 15.4 Å². The lowest BCUT2D eigenvalue weighted by molar-refractivity contribution is 0.0307. The van der Waals surface area contributed by atoms with Crippen LogP contribution in [0.1, 0.15) is 9.67 Å². The Morgan fingerprint density at radius 3 is 2.79 bits per heavy atom. The topological polar surface area (TPSA) is 55.6 Å². The number of anilines is 1. The predicted octanol–water partition coefficient (Wildman–Crippen LogP) is 0.803.